The standard InChI is InChI=1S/C43H49Cl5N6O4/c1-2-3-4-5-6-7-8-9-10-11-12-13-14-15-16-17-18-28-23-38(56)53(42(28)57)31-20-21-32(46)35(27-31)49-41-39(51-50-36-26-29(44)19-22-37(36)55)43(58)54(52-41)40-33(47)24-30(45)25-34(40)48/h17-22,24-28,39,55H,2-16,23H2,1H3,(H,49,52). The number of phenolic OH excluding ortho intramolecular Hbond substituents is 1. The van der Waals surface area contributed by atoms with E-state index in [0.717, 1.165) is 29.2 Å². The van der Waals surface area contributed by atoms with Gasteiger partial charge in [0.15, 0.2) is 5.84 Å². The summed E-state index contributed by atoms with van der Waals surface area (Å²) in [5.41, 5.74) is 3.39. The number of hydrazine groups is 1. The van der Waals surface area contributed by atoms with Crippen molar-refractivity contribution in [2.45, 2.75) is 116 Å². The SMILES string of the molecule is CCCCCCCCCCCCCCCCC=CC1CC(=O)N(c2ccc(Cl)c(N=C3NN(c4c(Cl)cc(Cl)cc4Cl)C(=O)C3N=Nc3cc(Cl)ccc3O)c2)C1=O. The number of hydrogen-bond donors (Lipinski definition) is 2. The largest absolute Gasteiger partial charge is 0.506 e. The number of halogens is 5. The number of nitrogens with zero attached hydrogens (tertiary/aromatic N) is 5. The van der Waals surface area contributed by atoms with Crippen LogP contribution in [0.3, 0.4) is 0 Å². The summed E-state index contributed by atoms with van der Waals surface area (Å²) in [6.07, 6.45) is 22.9. The van der Waals surface area contributed by atoms with Crippen LogP contribution in [0.4, 0.5) is 22.7 Å². The molecule has 0 aromatic heterocycles. The van der Waals surface area contributed by atoms with Gasteiger partial charge in [0.1, 0.15) is 17.1 Å². The van der Waals surface area contributed by atoms with Crippen LogP contribution < -0.4 is 15.3 Å². The van der Waals surface area contributed by atoms with Gasteiger partial charge in [-0.25, -0.2) is 14.9 Å². The van der Waals surface area contributed by atoms with Crippen molar-refractivity contribution in [3.05, 3.63) is 85.8 Å². The number of hydrogen-bond acceptors (Lipinski definition) is 7. The van der Waals surface area contributed by atoms with E-state index >= 15 is 0 Å². The highest BCUT2D eigenvalue weighted by molar-refractivity contribution is 6.43. The molecule has 2 heterocycles. The van der Waals surface area contributed by atoms with Gasteiger partial charge in [-0.2, -0.15) is 10.2 Å². The van der Waals surface area contributed by atoms with Gasteiger partial charge in [-0.3, -0.25) is 19.8 Å². The molecule has 10 nitrogen and oxygen atoms in total. The topological polar surface area (TPSA) is 127 Å². The minimum Gasteiger partial charge on any atom is -0.506 e. The summed E-state index contributed by atoms with van der Waals surface area (Å²) < 4.78 is 0. The Hall–Kier alpha value is -3.67. The first-order valence-corrected chi connectivity index (χ1v) is 21.9. The monoisotopic (exact) mass is 888 g/mol. The predicted octanol–water partition coefficient (Wildman–Crippen LogP) is 13.7. The number of azo groups is 1. The first kappa shape index (κ1) is 45.4. The van der Waals surface area contributed by atoms with Gasteiger partial charge in [0, 0.05) is 16.5 Å². The number of phenols is 1. The quantitative estimate of drug-likeness (QED) is 0.0476. The number of imide groups is 1. The third kappa shape index (κ3) is 12.4. The van der Waals surface area contributed by atoms with Gasteiger partial charge in [0.2, 0.25) is 17.9 Å². The fourth-order valence-electron chi connectivity index (χ4n) is 6.92. The summed E-state index contributed by atoms with van der Waals surface area (Å²) in [6.45, 7) is 2.26. The second-order valence-corrected chi connectivity index (χ2v) is 16.7. The second kappa shape index (κ2) is 22.6. The second-order valence-electron chi connectivity index (χ2n) is 14.6. The molecule has 0 aliphatic carbocycles. The van der Waals surface area contributed by atoms with Crippen molar-refractivity contribution >= 4 is 104 Å². The molecule has 3 aromatic rings. The number of anilines is 2. The zero-order valence-electron chi connectivity index (χ0n) is 32.5. The molecule has 5 rings (SSSR count). The van der Waals surface area contributed by atoms with Crippen LogP contribution in [0.15, 0.2) is 75.9 Å². The number of benzene rings is 3. The fraction of sp³-hybridized carbons (Fsp3) is 0.442. The van der Waals surface area contributed by atoms with Gasteiger partial charge in [0.05, 0.1) is 32.4 Å². The number of carbonyl (C=O) groups is 3. The van der Waals surface area contributed by atoms with E-state index < -0.39 is 17.9 Å². The number of carbonyl (C=O) groups excluding carboxylic acids is 3. The van der Waals surface area contributed by atoms with Crippen molar-refractivity contribution in [3.8, 4) is 5.75 Å². The Bertz CT molecular complexity index is 2000. The van der Waals surface area contributed by atoms with E-state index in [1.807, 2.05) is 12.2 Å². The maximum atomic E-state index is 13.9. The summed E-state index contributed by atoms with van der Waals surface area (Å²) >= 11 is 31.7. The Morgan fingerprint density at radius 3 is 1.98 bits per heavy atom. The van der Waals surface area contributed by atoms with Crippen molar-refractivity contribution in [1.29, 1.82) is 0 Å². The molecule has 0 radical (unpaired) electrons. The van der Waals surface area contributed by atoms with E-state index in [1.54, 1.807) is 6.07 Å². The Morgan fingerprint density at radius 1 is 0.724 bits per heavy atom. The van der Waals surface area contributed by atoms with Gasteiger partial charge < -0.3 is 5.11 Å². The van der Waals surface area contributed by atoms with E-state index in [-0.39, 0.29) is 77.7 Å². The summed E-state index contributed by atoms with van der Waals surface area (Å²) in [5.74, 6) is -2.20. The van der Waals surface area contributed by atoms with E-state index in [4.69, 9.17) is 58.0 Å². The Labute approximate surface area is 365 Å². The first-order valence-electron chi connectivity index (χ1n) is 20.0. The molecule has 2 saturated heterocycles. The minimum atomic E-state index is -1.40. The molecule has 2 unspecified atom stereocenters. The number of nitrogens with one attached hydrogen (secondary N) is 1. The molecule has 0 saturated carbocycles. The lowest BCUT2D eigenvalue weighted by Gasteiger charge is -2.19. The van der Waals surface area contributed by atoms with Crippen LogP contribution in [0.2, 0.25) is 25.1 Å². The van der Waals surface area contributed by atoms with E-state index in [9.17, 15) is 19.5 Å². The molecule has 15 heteroatoms. The van der Waals surface area contributed by atoms with Crippen LogP contribution in [-0.4, -0.2) is 34.7 Å². The van der Waals surface area contributed by atoms with Crippen LogP contribution in [0.25, 0.3) is 0 Å². The van der Waals surface area contributed by atoms with Gasteiger partial charge in [-0.05, 0) is 61.4 Å². The van der Waals surface area contributed by atoms with Crippen LogP contribution >= 0.6 is 58.0 Å². The fourth-order valence-corrected chi connectivity index (χ4v) is 8.23. The van der Waals surface area contributed by atoms with Gasteiger partial charge in [-0.15, -0.1) is 0 Å². The summed E-state index contributed by atoms with van der Waals surface area (Å²) in [7, 11) is 0. The third-order valence-electron chi connectivity index (χ3n) is 10.1. The number of rotatable bonds is 21. The molecule has 2 aliphatic rings. The smallest absolute Gasteiger partial charge is 0.280 e. The molecule has 310 valence electrons. The zero-order valence-corrected chi connectivity index (χ0v) is 36.3. The average molecular weight is 891 g/mol. The normalized spacial score (nSPS) is 17.9. The highest BCUT2D eigenvalue weighted by Gasteiger charge is 2.42. The maximum absolute atomic E-state index is 13.9. The summed E-state index contributed by atoms with van der Waals surface area (Å²) in [6, 6.07) is 10.2. The molecular formula is C43H49Cl5N6O4. The predicted molar refractivity (Wildman–Crippen MR) is 237 cm³/mol. The number of unbranched alkanes of at least 4 members (excludes halogenated alkanes) is 14. The van der Waals surface area contributed by atoms with Crippen LogP contribution in [-0.2, 0) is 14.4 Å². The highest BCUT2D eigenvalue weighted by atomic mass is 35.5. The zero-order chi connectivity index (χ0) is 41.6. The molecule has 3 amide bonds. The molecule has 2 fully saturated rings. The summed E-state index contributed by atoms with van der Waals surface area (Å²) in [5, 5.41) is 20.5. The van der Waals surface area contributed by atoms with Crippen molar-refractivity contribution in [2.75, 3.05) is 9.91 Å². The number of allylic oxidation sites excluding steroid dienone is 1. The Kier molecular flexibility index (Phi) is 17.7. The highest BCUT2D eigenvalue weighted by Crippen LogP contribution is 2.39. The van der Waals surface area contributed by atoms with Crippen LogP contribution in [0, 0.1) is 5.92 Å². The number of amides is 3. The van der Waals surface area contributed by atoms with Gasteiger partial charge in [-0.1, -0.05) is 161 Å². The van der Waals surface area contributed by atoms with E-state index in [1.165, 1.54) is 120 Å². The molecule has 2 atom stereocenters. The van der Waals surface area contributed by atoms with E-state index in [2.05, 4.69) is 27.6 Å². The lowest BCUT2D eigenvalue weighted by Crippen LogP contribution is -2.36. The molecule has 2 N–H and O–H groups in total. The number of amidine groups is 1. The Morgan fingerprint density at radius 2 is 1.34 bits per heavy atom. The third-order valence-corrected chi connectivity index (χ3v) is 11.4. The van der Waals surface area contributed by atoms with Crippen LogP contribution in [0.1, 0.15) is 110 Å². The van der Waals surface area contributed by atoms with E-state index in [0.29, 0.717) is 0 Å². The minimum absolute atomic E-state index is 0.00920. The maximum Gasteiger partial charge on any atom is 0.280 e. The molecule has 0 spiro atoms. The molecule has 58 heavy (non-hydrogen) atoms. The molecule has 3 aromatic carbocycles. The molecule has 0 bridgehead atoms. The van der Waals surface area contributed by atoms with Gasteiger partial charge in [0.25, 0.3) is 5.91 Å². The van der Waals surface area contributed by atoms with Crippen molar-refractivity contribution in [3.63, 3.8) is 0 Å². The number of aromatic hydroxyl groups is 1. The molecule has 2 aliphatic heterocycles. The van der Waals surface area contributed by atoms with Crippen molar-refractivity contribution in [2.24, 2.45) is 21.1 Å². The summed E-state index contributed by atoms with van der Waals surface area (Å²) in [4.78, 5) is 46.3. The lowest BCUT2D eigenvalue weighted by molar-refractivity contribution is -0.122. The van der Waals surface area contributed by atoms with Crippen LogP contribution in [0.5, 0.6) is 5.75 Å². The average Bonchev–Trinajstić information content (AvgIpc) is 3.64. The lowest BCUT2D eigenvalue weighted by atomic mass is 10.0. The molecular weight excluding hydrogens is 842 g/mol. The Balaban J connectivity index is 1.21. The van der Waals surface area contributed by atoms with Gasteiger partial charge >= 0.3 is 0 Å². The first-order chi connectivity index (χ1) is 28.0. The van der Waals surface area contributed by atoms with Crippen molar-refractivity contribution in [1.82, 2.24) is 5.43 Å². The van der Waals surface area contributed by atoms with Crippen molar-refractivity contribution < 1.29 is 19.5 Å². The number of aliphatic imine (C=N–C) groups is 1.